The Bertz CT molecular complexity index is 843. The number of nitrogens with zero attached hydrogens (tertiary/aromatic N) is 2. The lowest BCUT2D eigenvalue weighted by atomic mass is 9.85. The lowest BCUT2D eigenvalue weighted by Gasteiger charge is -2.42. The van der Waals surface area contributed by atoms with Crippen LogP contribution in [0.25, 0.3) is 11.1 Å². The predicted octanol–water partition coefficient (Wildman–Crippen LogP) is 2.62. The third-order valence-corrected chi connectivity index (χ3v) is 5.23. The zero-order valence-corrected chi connectivity index (χ0v) is 16.0. The van der Waals surface area contributed by atoms with E-state index in [1.54, 1.807) is 6.07 Å². The number of carbonyl (C=O) groups is 2. The Morgan fingerprint density at radius 2 is 2.07 bits per heavy atom. The van der Waals surface area contributed by atoms with Gasteiger partial charge in [-0.15, -0.1) is 12.4 Å². The smallest absolute Gasteiger partial charge is 0.317 e. The van der Waals surface area contributed by atoms with Gasteiger partial charge in [-0.2, -0.15) is 0 Å². The lowest BCUT2D eigenvalue weighted by Crippen LogP contribution is -2.55. The average molecular weight is 394 g/mol. The van der Waals surface area contributed by atoms with Crippen molar-refractivity contribution in [2.24, 2.45) is 5.92 Å². The number of aryl methyl sites for hydroxylation is 1. The number of pyridine rings is 1. The van der Waals surface area contributed by atoms with E-state index in [0.717, 1.165) is 25.1 Å². The first-order valence-corrected chi connectivity index (χ1v) is 9.12. The first-order valence-electron chi connectivity index (χ1n) is 9.12. The fourth-order valence-electron chi connectivity index (χ4n) is 3.55. The van der Waals surface area contributed by atoms with Crippen molar-refractivity contribution in [3.05, 3.63) is 29.7 Å². The largest absolute Gasteiger partial charge is 0.480 e. The van der Waals surface area contributed by atoms with Crippen LogP contribution >= 0.6 is 12.4 Å². The minimum Gasteiger partial charge on any atom is -0.480 e. The van der Waals surface area contributed by atoms with Gasteiger partial charge in [0.1, 0.15) is 5.52 Å². The van der Waals surface area contributed by atoms with Gasteiger partial charge in [0.15, 0.2) is 11.3 Å². The van der Waals surface area contributed by atoms with E-state index < -0.39 is 5.97 Å². The van der Waals surface area contributed by atoms with Gasteiger partial charge in [0.2, 0.25) is 0 Å². The number of aliphatic carboxylic acids is 1. The molecule has 0 unspecified atom stereocenters. The third kappa shape index (κ3) is 4.59. The second kappa shape index (κ2) is 7.86. The maximum atomic E-state index is 12.4. The molecule has 2 fully saturated rings. The molecule has 146 valence electrons. The second-order valence-corrected chi connectivity index (χ2v) is 7.51. The van der Waals surface area contributed by atoms with Crippen LogP contribution in [0.1, 0.15) is 41.9 Å². The molecule has 0 radical (unpaired) electrons. The zero-order valence-electron chi connectivity index (χ0n) is 15.2. The molecule has 4 rings (SSSR count). The maximum Gasteiger partial charge on any atom is 0.317 e. The number of furan rings is 1. The number of carboxylic acids is 1. The number of rotatable bonds is 7. The molecule has 7 nitrogen and oxygen atoms in total. The third-order valence-electron chi connectivity index (χ3n) is 5.23. The van der Waals surface area contributed by atoms with Crippen molar-refractivity contribution in [3.63, 3.8) is 0 Å². The fraction of sp³-hybridized carbons (Fsp3) is 0.526. The first kappa shape index (κ1) is 19.6. The van der Waals surface area contributed by atoms with Crippen molar-refractivity contribution >= 4 is 35.4 Å². The molecule has 2 aliphatic rings. The Labute approximate surface area is 163 Å². The predicted molar refractivity (Wildman–Crippen MR) is 102 cm³/mol. The summed E-state index contributed by atoms with van der Waals surface area (Å²) in [4.78, 5) is 29.9. The number of carbonyl (C=O) groups excluding carboxylic acids is 1. The summed E-state index contributed by atoms with van der Waals surface area (Å²) in [5.74, 6) is -0.115. The van der Waals surface area contributed by atoms with Crippen LogP contribution in [-0.2, 0) is 4.79 Å². The fourth-order valence-corrected chi connectivity index (χ4v) is 3.55. The van der Waals surface area contributed by atoms with E-state index in [0.29, 0.717) is 17.0 Å². The minimum absolute atomic E-state index is 0. The summed E-state index contributed by atoms with van der Waals surface area (Å²) in [7, 11) is 0. The number of halogens is 1. The molecule has 8 heteroatoms. The van der Waals surface area contributed by atoms with E-state index in [-0.39, 0.29) is 42.7 Å². The van der Waals surface area contributed by atoms with E-state index in [2.05, 4.69) is 15.2 Å². The summed E-state index contributed by atoms with van der Waals surface area (Å²) >= 11 is 0. The Morgan fingerprint density at radius 1 is 1.33 bits per heavy atom. The standard InChI is InChI=1S/C19H23N3O4.ClH/c1-11-2-5-16-15(20-11)8-17(26-16)19(25)21-13-6-14(7-13)22(10-18(23)24)9-12-3-4-12;/h2,5,8,12-14H,3-4,6-7,9-10H2,1H3,(H,21,25)(H,23,24);1H. The summed E-state index contributed by atoms with van der Waals surface area (Å²) in [5, 5.41) is 12.1. The number of hydrogen-bond acceptors (Lipinski definition) is 5. The molecule has 2 saturated carbocycles. The van der Waals surface area contributed by atoms with Crippen LogP contribution in [0.4, 0.5) is 0 Å². The highest BCUT2D eigenvalue weighted by Crippen LogP contribution is 2.34. The van der Waals surface area contributed by atoms with E-state index in [9.17, 15) is 9.59 Å². The van der Waals surface area contributed by atoms with Crippen LogP contribution in [0, 0.1) is 12.8 Å². The molecule has 2 N–H and O–H groups in total. The molecule has 2 heterocycles. The molecule has 1 amide bonds. The lowest BCUT2D eigenvalue weighted by molar-refractivity contribution is -0.139. The molecule has 0 atom stereocenters. The number of hydrogen-bond donors (Lipinski definition) is 2. The molecule has 0 saturated heterocycles. The van der Waals surface area contributed by atoms with Gasteiger partial charge in [-0.25, -0.2) is 4.98 Å². The van der Waals surface area contributed by atoms with Crippen LogP contribution in [0.5, 0.6) is 0 Å². The summed E-state index contributed by atoms with van der Waals surface area (Å²) in [6.07, 6.45) is 3.96. The van der Waals surface area contributed by atoms with Gasteiger partial charge in [0.25, 0.3) is 5.91 Å². The Morgan fingerprint density at radius 3 is 2.74 bits per heavy atom. The van der Waals surface area contributed by atoms with Crippen molar-refractivity contribution in [1.82, 2.24) is 15.2 Å². The quantitative estimate of drug-likeness (QED) is 0.750. The molecule has 0 aromatic carbocycles. The molecule has 2 aromatic heterocycles. The molecular weight excluding hydrogens is 370 g/mol. The average Bonchev–Trinajstić information content (AvgIpc) is 3.25. The van der Waals surface area contributed by atoms with E-state index in [4.69, 9.17) is 9.52 Å². The maximum absolute atomic E-state index is 12.4. The van der Waals surface area contributed by atoms with Gasteiger partial charge < -0.3 is 14.8 Å². The molecule has 2 aromatic rings. The first-order chi connectivity index (χ1) is 12.5. The van der Waals surface area contributed by atoms with E-state index >= 15 is 0 Å². The number of fused-ring (bicyclic) bond motifs is 1. The second-order valence-electron chi connectivity index (χ2n) is 7.51. The van der Waals surface area contributed by atoms with Gasteiger partial charge in [-0.05, 0) is 50.7 Å². The number of aromatic nitrogens is 1. The van der Waals surface area contributed by atoms with Crippen LogP contribution in [0.3, 0.4) is 0 Å². The van der Waals surface area contributed by atoms with Crippen molar-refractivity contribution in [3.8, 4) is 0 Å². The van der Waals surface area contributed by atoms with E-state index in [1.165, 1.54) is 12.8 Å². The van der Waals surface area contributed by atoms with Crippen LogP contribution in [0.2, 0.25) is 0 Å². The van der Waals surface area contributed by atoms with Gasteiger partial charge >= 0.3 is 5.97 Å². The molecule has 0 aliphatic heterocycles. The zero-order chi connectivity index (χ0) is 18.3. The Balaban J connectivity index is 0.00000210. The molecular formula is C19H24ClN3O4. The molecule has 27 heavy (non-hydrogen) atoms. The van der Waals surface area contributed by atoms with Crippen LogP contribution in [-0.4, -0.2) is 52.0 Å². The van der Waals surface area contributed by atoms with Crippen molar-refractivity contribution < 1.29 is 19.1 Å². The molecule has 2 aliphatic carbocycles. The summed E-state index contributed by atoms with van der Waals surface area (Å²) < 4.78 is 5.58. The highest BCUT2D eigenvalue weighted by atomic mass is 35.5. The monoisotopic (exact) mass is 393 g/mol. The molecule has 0 bridgehead atoms. The van der Waals surface area contributed by atoms with Gasteiger partial charge in [-0.3, -0.25) is 14.5 Å². The number of amides is 1. The highest BCUT2D eigenvalue weighted by molar-refractivity contribution is 5.95. The number of carboxylic acid groups (broad SMARTS) is 1. The van der Waals surface area contributed by atoms with Crippen LogP contribution in [0.15, 0.2) is 22.6 Å². The van der Waals surface area contributed by atoms with E-state index in [1.807, 2.05) is 19.1 Å². The summed E-state index contributed by atoms with van der Waals surface area (Å²) in [5.41, 5.74) is 2.16. The van der Waals surface area contributed by atoms with Crippen LogP contribution < -0.4 is 5.32 Å². The summed E-state index contributed by atoms with van der Waals surface area (Å²) in [6.45, 7) is 2.83. The van der Waals surface area contributed by atoms with Gasteiger partial charge in [0, 0.05) is 30.4 Å². The Kier molecular flexibility index (Phi) is 5.72. The SMILES string of the molecule is Cc1ccc2oc(C(=O)NC3CC(N(CC(=O)O)CC4CC4)C3)cc2n1.Cl. The summed E-state index contributed by atoms with van der Waals surface area (Å²) in [6, 6.07) is 5.62. The highest BCUT2D eigenvalue weighted by Gasteiger charge is 2.38. The molecule has 0 spiro atoms. The van der Waals surface area contributed by atoms with Crippen molar-refractivity contribution in [2.75, 3.05) is 13.1 Å². The van der Waals surface area contributed by atoms with Gasteiger partial charge in [0.05, 0.1) is 6.54 Å². The minimum atomic E-state index is -0.789. The van der Waals surface area contributed by atoms with Crippen molar-refractivity contribution in [2.45, 2.75) is 44.7 Å². The topological polar surface area (TPSA) is 95.7 Å². The Hall–Kier alpha value is -2.12. The normalized spacial score (nSPS) is 21.6. The van der Waals surface area contributed by atoms with Gasteiger partial charge in [-0.1, -0.05) is 0 Å². The number of nitrogens with one attached hydrogen (secondary N) is 1. The van der Waals surface area contributed by atoms with Crippen molar-refractivity contribution in [1.29, 1.82) is 0 Å².